The Hall–Kier alpha value is -1.66. The number of carbonyl (C=O) groups excluding carboxylic acids is 1. The molecular weight excluding hydrogens is 308 g/mol. The van der Waals surface area contributed by atoms with Crippen LogP contribution in [0.2, 0.25) is 0 Å². The minimum atomic E-state index is 0.148. The highest BCUT2D eigenvalue weighted by atomic mass is 32.1. The first kappa shape index (κ1) is 17.7. The SMILES string of the molecule is Cc1cccc(NC(=S)N2CCN(CC(=O)N(C)C)CC2)c1C. The van der Waals surface area contributed by atoms with Crippen LogP contribution in [0.4, 0.5) is 5.69 Å². The fourth-order valence-corrected chi connectivity index (χ4v) is 2.82. The Morgan fingerprint density at radius 2 is 1.87 bits per heavy atom. The second-order valence-corrected chi connectivity index (χ2v) is 6.62. The number of hydrogen-bond donors (Lipinski definition) is 1. The molecule has 1 aromatic carbocycles. The average molecular weight is 334 g/mol. The normalized spacial score (nSPS) is 15.4. The first-order valence-corrected chi connectivity index (χ1v) is 8.34. The van der Waals surface area contributed by atoms with E-state index in [-0.39, 0.29) is 5.91 Å². The molecule has 1 aromatic rings. The molecule has 23 heavy (non-hydrogen) atoms. The monoisotopic (exact) mass is 334 g/mol. The third-order valence-electron chi connectivity index (χ3n) is 4.36. The van der Waals surface area contributed by atoms with Gasteiger partial charge in [-0.1, -0.05) is 12.1 Å². The summed E-state index contributed by atoms with van der Waals surface area (Å²) in [5.41, 5.74) is 3.55. The molecule has 1 amide bonds. The van der Waals surface area contributed by atoms with E-state index in [1.807, 2.05) is 6.07 Å². The molecule has 0 spiro atoms. The van der Waals surface area contributed by atoms with Gasteiger partial charge in [0.25, 0.3) is 0 Å². The van der Waals surface area contributed by atoms with E-state index in [4.69, 9.17) is 12.2 Å². The van der Waals surface area contributed by atoms with Crippen molar-refractivity contribution in [2.24, 2.45) is 0 Å². The number of anilines is 1. The van der Waals surface area contributed by atoms with E-state index < -0.39 is 0 Å². The first-order valence-electron chi connectivity index (χ1n) is 7.93. The van der Waals surface area contributed by atoms with Gasteiger partial charge in [-0.2, -0.15) is 0 Å². The standard InChI is InChI=1S/C17H26N4OS/c1-13-6-5-7-15(14(13)2)18-17(23)21-10-8-20(9-11-21)12-16(22)19(3)4/h5-7H,8-12H2,1-4H3,(H,18,23). The van der Waals surface area contributed by atoms with Crippen molar-refractivity contribution in [2.75, 3.05) is 52.1 Å². The van der Waals surface area contributed by atoms with Crippen molar-refractivity contribution in [1.82, 2.24) is 14.7 Å². The van der Waals surface area contributed by atoms with Gasteiger partial charge in [0.1, 0.15) is 0 Å². The summed E-state index contributed by atoms with van der Waals surface area (Å²) in [7, 11) is 3.59. The van der Waals surface area contributed by atoms with Gasteiger partial charge in [0.2, 0.25) is 5.91 Å². The minimum Gasteiger partial charge on any atom is -0.348 e. The van der Waals surface area contributed by atoms with Gasteiger partial charge in [-0.25, -0.2) is 0 Å². The lowest BCUT2D eigenvalue weighted by molar-refractivity contribution is -0.130. The van der Waals surface area contributed by atoms with E-state index in [0.717, 1.165) is 37.0 Å². The molecule has 0 atom stereocenters. The molecule has 0 bridgehead atoms. The van der Waals surface area contributed by atoms with Crippen molar-refractivity contribution in [3.05, 3.63) is 29.3 Å². The topological polar surface area (TPSA) is 38.8 Å². The van der Waals surface area contributed by atoms with Crippen molar-refractivity contribution in [1.29, 1.82) is 0 Å². The van der Waals surface area contributed by atoms with Crippen molar-refractivity contribution in [3.63, 3.8) is 0 Å². The summed E-state index contributed by atoms with van der Waals surface area (Å²) in [6.07, 6.45) is 0. The number of benzene rings is 1. The molecule has 1 fully saturated rings. The molecule has 0 radical (unpaired) electrons. The van der Waals surface area contributed by atoms with Gasteiger partial charge >= 0.3 is 0 Å². The van der Waals surface area contributed by atoms with Crippen molar-refractivity contribution in [2.45, 2.75) is 13.8 Å². The fourth-order valence-electron chi connectivity index (χ4n) is 2.52. The zero-order chi connectivity index (χ0) is 17.0. The number of nitrogens with zero attached hydrogens (tertiary/aromatic N) is 3. The van der Waals surface area contributed by atoms with Crippen LogP contribution in [0.5, 0.6) is 0 Å². The quantitative estimate of drug-likeness (QED) is 0.852. The van der Waals surface area contributed by atoms with Crippen molar-refractivity contribution in [3.8, 4) is 0 Å². The van der Waals surface area contributed by atoms with Crippen LogP contribution in [0.3, 0.4) is 0 Å². The van der Waals surface area contributed by atoms with Gasteiger partial charge in [-0.15, -0.1) is 0 Å². The molecule has 0 saturated carbocycles. The van der Waals surface area contributed by atoms with Gasteiger partial charge in [-0.05, 0) is 43.3 Å². The van der Waals surface area contributed by atoms with E-state index in [9.17, 15) is 4.79 Å². The second kappa shape index (κ2) is 7.75. The maximum atomic E-state index is 11.8. The summed E-state index contributed by atoms with van der Waals surface area (Å²) >= 11 is 5.55. The van der Waals surface area contributed by atoms with Gasteiger partial charge in [0, 0.05) is 46.0 Å². The number of thiocarbonyl (C=S) groups is 1. The van der Waals surface area contributed by atoms with Crippen LogP contribution < -0.4 is 5.32 Å². The molecule has 1 saturated heterocycles. The third-order valence-corrected chi connectivity index (χ3v) is 4.72. The summed E-state index contributed by atoms with van der Waals surface area (Å²) < 4.78 is 0. The maximum absolute atomic E-state index is 11.8. The summed E-state index contributed by atoms with van der Waals surface area (Å²) in [5.74, 6) is 0.148. The molecule has 126 valence electrons. The predicted octanol–water partition coefficient (Wildman–Crippen LogP) is 1.71. The van der Waals surface area contributed by atoms with Crippen LogP contribution in [0, 0.1) is 13.8 Å². The minimum absolute atomic E-state index is 0.148. The molecule has 2 rings (SSSR count). The lowest BCUT2D eigenvalue weighted by Gasteiger charge is -2.36. The average Bonchev–Trinajstić information content (AvgIpc) is 2.52. The second-order valence-electron chi connectivity index (χ2n) is 6.23. The Morgan fingerprint density at radius 1 is 1.22 bits per heavy atom. The zero-order valence-corrected chi connectivity index (χ0v) is 15.2. The Labute approximate surface area is 144 Å². The molecule has 1 aliphatic rings. The van der Waals surface area contributed by atoms with Crippen LogP contribution in [-0.2, 0) is 4.79 Å². The lowest BCUT2D eigenvalue weighted by Crippen LogP contribution is -2.51. The van der Waals surface area contributed by atoms with Crippen LogP contribution in [-0.4, -0.2) is 72.5 Å². The van der Waals surface area contributed by atoms with Gasteiger partial charge in [-0.3, -0.25) is 9.69 Å². The predicted molar refractivity (Wildman–Crippen MR) is 98.8 cm³/mol. The van der Waals surface area contributed by atoms with Gasteiger partial charge in [0.15, 0.2) is 5.11 Å². The van der Waals surface area contributed by atoms with Crippen LogP contribution in [0.25, 0.3) is 0 Å². The summed E-state index contributed by atoms with van der Waals surface area (Å²) in [6, 6.07) is 6.20. The largest absolute Gasteiger partial charge is 0.348 e. The molecule has 0 aliphatic carbocycles. The molecule has 1 aliphatic heterocycles. The summed E-state index contributed by atoms with van der Waals surface area (Å²) in [5, 5.41) is 4.12. The number of rotatable bonds is 3. The number of likely N-dealkylation sites (N-methyl/N-ethyl adjacent to an activating group) is 1. The lowest BCUT2D eigenvalue weighted by atomic mass is 10.1. The molecule has 5 nitrogen and oxygen atoms in total. The van der Waals surface area contributed by atoms with Crippen LogP contribution in [0.15, 0.2) is 18.2 Å². The number of aryl methyl sites for hydroxylation is 1. The van der Waals surface area contributed by atoms with E-state index in [0.29, 0.717) is 6.54 Å². The highest BCUT2D eigenvalue weighted by molar-refractivity contribution is 7.80. The number of hydrogen-bond acceptors (Lipinski definition) is 3. The molecule has 6 heteroatoms. The highest BCUT2D eigenvalue weighted by Gasteiger charge is 2.21. The van der Waals surface area contributed by atoms with Gasteiger partial charge in [0.05, 0.1) is 6.54 Å². The van der Waals surface area contributed by atoms with E-state index >= 15 is 0 Å². The Balaban J connectivity index is 1.86. The Bertz CT molecular complexity index is 580. The fraction of sp³-hybridized carbons (Fsp3) is 0.529. The smallest absolute Gasteiger partial charge is 0.236 e. The van der Waals surface area contributed by atoms with Gasteiger partial charge < -0.3 is 15.1 Å². The summed E-state index contributed by atoms with van der Waals surface area (Å²) in [4.78, 5) is 17.8. The highest BCUT2D eigenvalue weighted by Crippen LogP contribution is 2.18. The number of nitrogens with one attached hydrogen (secondary N) is 1. The molecule has 0 aromatic heterocycles. The molecule has 0 unspecified atom stereocenters. The van der Waals surface area contributed by atoms with E-state index in [1.165, 1.54) is 11.1 Å². The molecule has 1 N–H and O–H groups in total. The number of amides is 1. The Morgan fingerprint density at radius 3 is 2.48 bits per heavy atom. The van der Waals surface area contributed by atoms with Crippen LogP contribution >= 0.6 is 12.2 Å². The molecular formula is C17H26N4OS. The van der Waals surface area contributed by atoms with E-state index in [1.54, 1.807) is 19.0 Å². The Kier molecular flexibility index (Phi) is 5.96. The van der Waals surface area contributed by atoms with E-state index in [2.05, 4.69) is 41.1 Å². The number of piperazine rings is 1. The number of carbonyl (C=O) groups is 1. The maximum Gasteiger partial charge on any atom is 0.236 e. The van der Waals surface area contributed by atoms with Crippen molar-refractivity contribution >= 4 is 28.9 Å². The summed E-state index contributed by atoms with van der Waals surface area (Å²) in [6.45, 7) is 8.09. The van der Waals surface area contributed by atoms with Crippen molar-refractivity contribution < 1.29 is 4.79 Å². The third kappa shape index (κ3) is 4.65. The zero-order valence-electron chi connectivity index (χ0n) is 14.4. The first-order chi connectivity index (χ1) is 10.9. The van der Waals surface area contributed by atoms with Crippen LogP contribution in [0.1, 0.15) is 11.1 Å². The molecule has 1 heterocycles.